The molecule has 0 aromatic carbocycles. The predicted octanol–water partition coefficient (Wildman–Crippen LogP) is 0.928. The molecule has 2 fully saturated rings. The number of hydrogen-bond acceptors (Lipinski definition) is 3. The Hall–Kier alpha value is -0.870. The Kier molecular flexibility index (Phi) is 3.07. The van der Waals surface area contributed by atoms with E-state index in [0.29, 0.717) is 19.6 Å². The lowest BCUT2D eigenvalue weighted by molar-refractivity contribution is -0.187. The number of hydrogen-bond donors (Lipinski definition) is 0. The van der Waals surface area contributed by atoms with Gasteiger partial charge in [-0.15, -0.1) is 6.58 Å². The van der Waals surface area contributed by atoms with Gasteiger partial charge in [0.05, 0.1) is 13.2 Å². The maximum absolute atomic E-state index is 11.6. The van der Waals surface area contributed by atoms with Crippen LogP contribution < -0.4 is 0 Å². The Bertz CT molecular complexity index is 249. The van der Waals surface area contributed by atoms with Gasteiger partial charge in [0, 0.05) is 32.4 Å². The van der Waals surface area contributed by atoms with Gasteiger partial charge >= 0.3 is 0 Å². The Morgan fingerprint density at radius 1 is 1.33 bits per heavy atom. The monoisotopic (exact) mass is 211 g/mol. The van der Waals surface area contributed by atoms with Crippen LogP contribution in [0, 0.1) is 0 Å². The third-order valence-corrected chi connectivity index (χ3v) is 3.01. The van der Waals surface area contributed by atoms with Gasteiger partial charge in [0.25, 0.3) is 0 Å². The highest BCUT2D eigenvalue weighted by Crippen LogP contribution is 2.31. The van der Waals surface area contributed by atoms with Gasteiger partial charge in [-0.1, -0.05) is 6.08 Å². The van der Waals surface area contributed by atoms with Crippen LogP contribution in [-0.4, -0.2) is 42.9 Å². The normalized spacial score (nSPS) is 24.4. The summed E-state index contributed by atoms with van der Waals surface area (Å²) in [6, 6.07) is 0. The first-order valence-corrected chi connectivity index (χ1v) is 5.42. The molecule has 2 rings (SSSR count). The smallest absolute Gasteiger partial charge is 0.226 e. The number of piperidine rings is 1. The fraction of sp³-hybridized carbons (Fsp3) is 0.727. The van der Waals surface area contributed by atoms with E-state index in [1.54, 1.807) is 6.08 Å². The Morgan fingerprint density at radius 2 is 1.93 bits per heavy atom. The zero-order valence-electron chi connectivity index (χ0n) is 8.91. The second-order valence-corrected chi connectivity index (χ2v) is 3.98. The average Bonchev–Trinajstić information content (AvgIpc) is 2.68. The molecule has 0 aliphatic carbocycles. The molecule has 0 unspecified atom stereocenters. The summed E-state index contributed by atoms with van der Waals surface area (Å²) >= 11 is 0. The van der Waals surface area contributed by atoms with Crippen molar-refractivity contribution < 1.29 is 14.3 Å². The van der Waals surface area contributed by atoms with Crippen molar-refractivity contribution in [3.8, 4) is 0 Å². The van der Waals surface area contributed by atoms with Crippen LogP contribution in [0.15, 0.2) is 12.7 Å². The van der Waals surface area contributed by atoms with Crippen molar-refractivity contribution in [2.45, 2.75) is 25.0 Å². The molecule has 15 heavy (non-hydrogen) atoms. The molecule has 0 atom stereocenters. The standard InChI is InChI=1S/C11H17NO3/c1-2-3-10(13)12-6-4-11(5-7-12)14-8-9-15-11/h2H,1,3-9H2. The van der Waals surface area contributed by atoms with Crippen LogP contribution in [0.1, 0.15) is 19.3 Å². The first-order valence-electron chi connectivity index (χ1n) is 5.42. The largest absolute Gasteiger partial charge is 0.347 e. The summed E-state index contributed by atoms with van der Waals surface area (Å²) in [6.07, 6.45) is 3.65. The molecule has 0 radical (unpaired) electrons. The number of carbonyl (C=O) groups is 1. The van der Waals surface area contributed by atoms with Crippen molar-refractivity contribution in [2.75, 3.05) is 26.3 Å². The van der Waals surface area contributed by atoms with Gasteiger partial charge < -0.3 is 14.4 Å². The summed E-state index contributed by atoms with van der Waals surface area (Å²) < 4.78 is 11.2. The van der Waals surface area contributed by atoms with E-state index >= 15 is 0 Å². The molecule has 2 aliphatic heterocycles. The Labute approximate surface area is 89.8 Å². The number of ether oxygens (including phenoxy) is 2. The quantitative estimate of drug-likeness (QED) is 0.638. The van der Waals surface area contributed by atoms with Gasteiger partial charge in [0.15, 0.2) is 5.79 Å². The van der Waals surface area contributed by atoms with Gasteiger partial charge in [0.1, 0.15) is 0 Å². The number of nitrogens with zero attached hydrogens (tertiary/aromatic N) is 1. The summed E-state index contributed by atoms with van der Waals surface area (Å²) in [5.74, 6) is -0.233. The zero-order chi connectivity index (χ0) is 10.7. The molecular formula is C11H17NO3. The third-order valence-electron chi connectivity index (χ3n) is 3.01. The van der Waals surface area contributed by atoms with Crippen molar-refractivity contribution in [2.24, 2.45) is 0 Å². The summed E-state index contributed by atoms with van der Waals surface area (Å²) in [5, 5.41) is 0. The molecule has 0 N–H and O–H groups in total. The van der Waals surface area contributed by atoms with Crippen molar-refractivity contribution in [1.29, 1.82) is 0 Å². The third kappa shape index (κ3) is 2.21. The molecule has 0 bridgehead atoms. The molecule has 1 spiro atoms. The minimum absolute atomic E-state index is 0.151. The van der Waals surface area contributed by atoms with Gasteiger partial charge in [0.2, 0.25) is 5.91 Å². The van der Waals surface area contributed by atoms with E-state index in [1.807, 2.05) is 4.90 Å². The van der Waals surface area contributed by atoms with E-state index in [2.05, 4.69) is 6.58 Å². The number of amides is 1. The molecule has 4 heteroatoms. The minimum atomic E-state index is -0.384. The number of likely N-dealkylation sites (tertiary alicyclic amines) is 1. The van der Waals surface area contributed by atoms with Crippen LogP contribution in [0.4, 0.5) is 0 Å². The first kappa shape index (κ1) is 10.6. The molecule has 2 aliphatic rings. The molecule has 0 aromatic rings. The minimum Gasteiger partial charge on any atom is -0.347 e. The number of rotatable bonds is 2. The maximum atomic E-state index is 11.6. The van der Waals surface area contributed by atoms with E-state index < -0.39 is 0 Å². The average molecular weight is 211 g/mol. The van der Waals surface area contributed by atoms with Crippen LogP contribution in [-0.2, 0) is 14.3 Å². The van der Waals surface area contributed by atoms with E-state index in [0.717, 1.165) is 25.9 Å². The molecule has 2 saturated heterocycles. The van der Waals surface area contributed by atoms with Crippen LogP contribution in [0.25, 0.3) is 0 Å². The van der Waals surface area contributed by atoms with E-state index in [-0.39, 0.29) is 11.7 Å². The lowest BCUT2D eigenvalue weighted by Gasteiger charge is -2.37. The predicted molar refractivity (Wildman–Crippen MR) is 55.3 cm³/mol. The Morgan fingerprint density at radius 3 is 2.47 bits per heavy atom. The van der Waals surface area contributed by atoms with E-state index in [4.69, 9.17) is 9.47 Å². The van der Waals surface area contributed by atoms with E-state index in [9.17, 15) is 4.79 Å². The van der Waals surface area contributed by atoms with Gasteiger partial charge in [-0.3, -0.25) is 4.79 Å². The lowest BCUT2D eigenvalue weighted by atomic mass is 10.0. The van der Waals surface area contributed by atoms with Crippen molar-refractivity contribution in [3.05, 3.63) is 12.7 Å². The second kappa shape index (κ2) is 4.33. The highest BCUT2D eigenvalue weighted by Gasteiger charge is 2.40. The Balaban J connectivity index is 1.86. The highest BCUT2D eigenvalue weighted by atomic mass is 16.7. The van der Waals surface area contributed by atoms with Gasteiger partial charge in [-0.05, 0) is 0 Å². The van der Waals surface area contributed by atoms with Gasteiger partial charge in [-0.25, -0.2) is 0 Å². The molecule has 0 saturated carbocycles. The maximum Gasteiger partial charge on any atom is 0.226 e. The summed E-state index contributed by atoms with van der Waals surface area (Å²) in [4.78, 5) is 13.4. The van der Waals surface area contributed by atoms with Crippen LogP contribution in [0.5, 0.6) is 0 Å². The highest BCUT2D eigenvalue weighted by molar-refractivity contribution is 5.77. The fourth-order valence-corrected chi connectivity index (χ4v) is 2.14. The van der Waals surface area contributed by atoms with E-state index in [1.165, 1.54) is 0 Å². The van der Waals surface area contributed by atoms with Crippen molar-refractivity contribution >= 4 is 5.91 Å². The molecule has 4 nitrogen and oxygen atoms in total. The molecule has 84 valence electrons. The topological polar surface area (TPSA) is 38.8 Å². The van der Waals surface area contributed by atoms with Crippen LogP contribution in [0.2, 0.25) is 0 Å². The molecule has 0 aromatic heterocycles. The van der Waals surface area contributed by atoms with Crippen LogP contribution in [0.3, 0.4) is 0 Å². The SMILES string of the molecule is C=CCC(=O)N1CCC2(CC1)OCCO2. The molecular weight excluding hydrogens is 194 g/mol. The van der Waals surface area contributed by atoms with Crippen molar-refractivity contribution in [3.63, 3.8) is 0 Å². The molecule has 1 amide bonds. The summed E-state index contributed by atoms with van der Waals surface area (Å²) in [5.41, 5.74) is 0. The zero-order valence-corrected chi connectivity index (χ0v) is 8.91. The lowest BCUT2D eigenvalue weighted by Crippen LogP contribution is -2.47. The summed E-state index contributed by atoms with van der Waals surface area (Å²) in [6.45, 7) is 6.39. The number of carbonyl (C=O) groups excluding carboxylic acids is 1. The second-order valence-electron chi connectivity index (χ2n) is 3.98. The van der Waals surface area contributed by atoms with Crippen molar-refractivity contribution in [1.82, 2.24) is 4.90 Å². The first-order chi connectivity index (χ1) is 7.26. The summed E-state index contributed by atoms with van der Waals surface area (Å²) in [7, 11) is 0. The molecule has 2 heterocycles. The van der Waals surface area contributed by atoms with Crippen LogP contribution >= 0.6 is 0 Å². The van der Waals surface area contributed by atoms with Gasteiger partial charge in [-0.2, -0.15) is 0 Å². The fourth-order valence-electron chi connectivity index (χ4n) is 2.14.